The maximum Gasteiger partial charge on any atom is 0.0126 e. The maximum absolute atomic E-state index is 4.07. The summed E-state index contributed by atoms with van der Waals surface area (Å²) < 4.78 is 0. The van der Waals surface area contributed by atoms with Crippen LogP contribution in [0.2, 0.25) is 0 Å². The Morgan fingerprint density at radius 2 is 1.61 bits per heavy atom. The summed E-state index contributed by atoms with van der Waals surface area (Å²) >= 11 is 0. The van der Waals surface area contributed by atoms with Gasteiger partial charge in [-0.05, 0) is 62.2 Å². The Labute approximate surface area is 113 Å². The van der Waals surface area contributed by atoms with E-state index < -0.39 is 0 Å². The Morgan fingerprint density at radius 1 is 0.833 bits per heavy atom. The lowest BCUT2D eigenvalue weighted by atomic mass is 9.57. The Hall–Kier alpha value is -0.0400. The normalized spacial score (nSPS) is 43.7. The predicted octanol–water partition coefficient (Wildman–Crippen LogP) is 4.51. The van der Waals surface area contributed by atoms with Gasteiger partial charge in [-0.15, -0.1) is 0 Å². The van der Waals surface area contributed by atoms with E-state index in [0.29, 0.717) is 0 Å². The zero-order valence-corrected chi connectivity index (χ0v) is 12.4. The summed E-state index contributed by atoms with van der Waals surface area (Å²) in [5, 5.41) is 4.07. The molecule has 104 valence electrons. The molecular weight excluding hydrogens is 218 g/mol. The predicted molar refractivity (Wildman–Crippen MR) is 77.6 cm³/mol. The molecule has 1 nitrogen and oxygen atoms in total. The minimum Gasteiger partial charge on any atom is -0.311 e. The molecule has 0 aromatic rings. The van der Waals surface area contributed by atoms with Gasteiger partial charge in [0, 0.05) is 12.1 Å². The molecule has 1 N–H and O–H groups in total. The third kappa shape index (κ3) is 2.35. The van der Waals surface area contributed by atoms with Gasteiger partial charge in [0.2, 0.25) is 0 Å². The van der Waals surface area contributed by atoms with Crippen LogP contribution in [0.5, 0.6) is 0 Å². The third-order valence-electron chi connectivity index (χ3n) is 6.55. The highest BCUT2D eigenvalue weighted by Gasteiger charge is 2.47. The molecule has 3 saturated carbocycles. The summed E-state index contributed by atoms with van der Waals surface area (Å²) in [6.45, 7) is 4.89. The first-order valence-corrected chi connectivity index (χ1v) is 8.46. The Morgan fingerprint density at radius 3 is 2.22 bits per heavy atom. The summed E-state index contributed by atoms with van der Waals surface area (Å²) in [7, 11) is 0. The van der Waals surface area contributed by atoms with Crippen molar-refractivity contribution >= 4 is 0 Å². The van der Waals surface area contributed by atoms with Gasteiger partial charge in [-0.2, -0.15) is 0 Å². The first-order chi connectivity index (χ1) is 8.70. The van der Waals surface area contributed by atoms with Crippen molar-refractivity contribution in [1.29, 1.82) is 0 Å². The van der Waals surface area contributed by atoms with Crippen LogP contribution in [0.3, 0.4) is 0 Å². The molecule has 0 saturated heterocycles. The van der Waals surface area contributed by atoms with Gasteiger partial charge in [-0.25, -0.2) is 0 Å². The standard InChI is InChI=1S/C17H31N/c1-13-6-7-15(12-14(13)2)18-16-8-11-17(16)9-4-3-5-10-17/h13-16,18H,3-12H2,1-2H3. The van der Waals surface area contributed by atoms with Crippen molar-refractivity contribution in [3.05, 3.63) is 0 Å². The highest BCUT2D eigenvalue weighted by atomic mass is 15.0. The van der Waals surface area contributed by atoms with Crippen LogP contribution < -0.4 is 5.32 Å². The molecule has 0 aromatic heterocycles. The molecule has 3 rings (SSSR count). The molecular formula is C17H31N. The van der Waals surface area contributed by atoms with Gasteiger partial charge >= 0.3 is 0 Å². The molecule has 18 heavy (non-hydrogen) atoms. The number of nitrogens with one attached hydrogen (secondary N) is 1. The minimum atomic E-state index is 0.741. The fourth-order valence-electron chi connectivity index (χ4n) is 4.79. The Bertz CT molecular complexity index is 279. The van der Waals surface area contributed by atoms with Gasteiger partial charge in [-0.1, -0.05) is 33.1 Å². The molecule has 4 atom stereocenters. The molecule has 4 unspecified atom stereocenters. The van der Waals surface area contributed by atoms with E-state index in [1.165, 1.54) is 64.2 Å². The summed E-state index contributed by atoms with van der Waals surface area (Å²) in [4.78, 5) is 0. The van der Waals surface area contributed by atoms with Crippen molar-refractivity contribution in [3.63, 3.8) is 0 Å². The Balaban J connectivity index is 1.54. The van der Waals surface area contributed by atoms with E-state index in [9.17, 15) is 0 Å². The summed E-state index contributed by atoms with van der Waals surface area (Å²) in [6, 6.07) is 1.71. The monoisotopic (exact) mass is 249 g/mol. The van der Waals surface area contributed by atoms with Crippen molar-refractivity contribution in [2.24, 2.45) is 17.3 Å². The fraction of sp³-hybridized carbons (Fsp3) is 1.00. The zero-order valence-electron chi connectivity index (χ0n) is 12.4. The average Bonchev–Trinajstić information content (AvgIpc) is 2.40. The van der Waals surface area contributed by atoms with Crippen LogP contribution in [-0.4, -0.2) is 12.1 Å². The quantitative estimate of drug-likeness (QED) is 0.759. The van der Waals surface area contributed by atoms with Crippen LogP contribution in [0.1, 0.15) is 78.1 Å². The average molecular weight is 249 g/mol. The van der Waals surface area contributed by atoms with Crippen LogP contribution in [0, 0.1) is 17.3 Å². The molecule has 0 aliphatic heterocycles. The van der Waals surface area contributed by atoms with Crippen molar-refractivity contribution in [3.8, 4) is 0 Å². The van der Waals surface area contributed by atoms with Crippen molar-refractivity contribution in [2.45, 2.75) is 90.1 Å². The molecule has 3 fully saturated rings. The zero-order chi connectivity index (χ0) is 12.6. The Kier molecular flexibility index (Phi) is 3.71. The lowest BCUT2D eigenvalue weighted by Gasteiger charge is -2.54. The molecule has 0 radical (unpaired) electrons. The fourth-order valence-corrected chi connectivity index (χ4v) is 4.79. The second-order valence-corrected chi connectivity index (χ2v) is 7.65. The van der Waals surface area contributed by atoms with Gasteiger partial charge in [-0.3, -0.25) is 0 Å². The van der Waals surface area contributed by atoms with Crippen LogP contribution in [0.15, 0.2) is 0 Å². The topological polar surface area (TPSA) is 12.0 Å². The number of hydrogen-bond donors (Lipinski definition) is 1. The summed E-state index contributed by atoms with van der Waals surface area (Å²) in [5.41, 5.74) is 0.741. The highest BCUT2D eigenvalue weighted by Crippen LogP contribution is 2.52. The maximum atomic E-state index is 4.07. The first kappa shape index (κ1) is 13.0. The van der Waals surface area contributed by atoms with Gasteiger partial charge < -0.3 is 5.32 Å². The van der Waals surface area contributed by atoms with Crippen LogP contribution in [0.4, 0.5) is 0 Å². The molecule has 0 aromatic carbocycles. The van der Waals surface area contributed by atoms with E-state index >= 15 is 0 Å². The van der Waals surface area contributed by atoms with Gasteiger partial charge in [0.05, 0.1) is 0 Å². The van der Waals surface area contributed by atoms with E-state index in [-0.39, 0.29) is 0 Å². The van der Waals surface area contributed by atoms with E-state index in [4.69, 9.17) is 0 Å². The van der Waals surface area contributed by atoms with Crippen LogP contribution in [-0.2, 0) is 0 Å². The van der Waals surface area contributed by atoms with Gasteiger partial charge in [0.25, 0.3) is 0 Å². The van der Waals surface area contributed by atoms with Gasteiger partial charge in [0.1, 0.15) is 0 Å². The largest absolute Gasteiger partial charge is 0.311 e. The van der Waals surface area contributed by atoms with E-state index in [0.717, 1.165) is 29.3 Å². The van der Waals surface area contributed by atoms with E-state index in [1.54, 1.807) is 0 Å². The van der Waals surface area contributed by atoms with Crippen LogP contribution in [0.25, 0.3) is 0 Å². The highest BCUT2D eigenvalue weighted by molar-refractivity contribution is 5.03. The molecule has 3 aliphatic rings. The lowest BCUT2D eigenvalue weighted by molar-refractivity contribution is 0.0101. The SMILES string of the molecule is CC1CCC(NC2CCC23CCCCC3)CC1C. The molecule has 1 heteroatoms. The molecule has 3 aliphatic carbocycles. The second-order valence-electron chi connectivity index (χ2n) is 7.65. The molecule has 0 heterocycles. The van der Waals surface area contributed by atoms with Crippen LogP contribution >= 0.6 is 0 Å². The van der Waals surface area contributed by atoms with Gasteiger partial charge in [0.15, 0.2) is 0 Å². The smallest absolute Gasteiger partial charge is 0.0126 e. The lowest BCUT2D eigenvalue weighted by Crippen LogP contribution is -2.57. The van der Waals surface area contributed by atoms with Crippen molar-refractivity contribution < 1.29 is 0 Å². The number of hydrogen-bond acceptors (Lipinski definition) is 1. The molecule has 1 spiro atoms. The molecule has 0 amide bonds. The summed E-state index contributed by atoms with van der Waals surface area (Å²) in [6.07, 6.45) is 14.8. The second kappa shape index (κ2) is 5.15. The van der Waals surface area contributed by atoms with E-state index in [2.05, 4.69) is 19.2 Å². The van der Waals surface area contributed by atoms with Crippen molar-refractivity contribution in [2.75, 3.05) is 0 Å². The summed E-state index contributed by atoms with van der Waals surface area (Å²) in [5.74, 6) is 1.88. The number of rotatable bonds is 2. The minimum absolute atomic E-state index is 0.741. The first-order valence-electron chi connectivity index (χ1n) is 8.46. The third-order valence-corrected chi connectivity index (χ3v) is 6.55. The van der Waals surface area contributed by atoms with E-state index in [1.807, 2.05) is 0 Å². The van der Waals surface area contributed by atoms with Crippen molar-refractivity contribution in [1.82, 2.24) is 5.32 Å². The molecule has 0 bridgehead atoms.